The van der Waals surface area contributed by atoms with Gasteiger partial charge < -0.3 is 19.6 Å². The Labute approximate surface area is 187 Å². The van der Waals surface area contributed by atoms with E-state index >= 15 is 0 Å². The molecular formula is C21H18Cl2N4O4. The first kappa shape index (κ1) is 20.0. The fraction of sp³-hybridized carbons (Fsp3) is 0.286. The summed E-state index contributed by atoms with van der Waals surface area (Å²) in [7, 11) is 0. The molecule has 8 nitrogen and oxygen atoms in total. The van der Waals surface area contributed by atoms with Crippen LogP contribution in [0.2, 0.25) is 0 Å². The number of nitrogens with zero attached hydrogens (tertiary/aromatic N) is 3. The predicted molar refractivity (Wildman–Crippen MR) is 113 cm³/mol. The summed E-state index contributed by atoms with van der Waals surface area (Å²) in [6.45, 7) is 0.198. The number of aromatic nitrogens is 3. The number of nitrogens with one attached hydrogen (secondary N) is 1. The van der Waals surface area contributed by atoms with Crippen LogP contribution in [0.25, 0.3) is 11.4 Å². The lowest BCUT2D eigenvalue weighted by molar-refractivity contribution is 0.0454. The highest BCUT2D eigenvalue weighted by Crippen LogP contribution is 2.45. The number of carbonyl (C=O) groups is 1. The highest BCUT2D eigenvalue weighted by molar-refractivity contribution is 6.26. The lowest BCUT2D eigenvalue weighted by Gasteiger charge is -2.38. The summed E-state index contributed by atoms with van der Waals surface area (Å²) in [6.07, 6.45) is 0.407. The van der Waals surface area contributed by atoms with Crippen LogP contribution in [0.4, 0.5) is 4.79 Å². The van der Waals surface area contributed by atoms with Crippen molar-refractivity contribution in [3.63, 3.8) is 0 Å². The maximum absolute atomic E-state index is 11.4. The summed E-state index contributed by atoms with van der Waals surface area (Å²) in [4.78, 5) is 24.0. The van der Waals surface area contributed by atoms with Crippen LogP contribution in [0.15, 0.2) is 48.7 Å². The molecule has 4 heterocycles. The number of piperidine rings is 1. The second-order valence-corrected chi connectivity index (χ2v) is 8.63. The van der Waals surface area contributed by atoms with Gasteiger partial charge in [-0.1, -0.05) is 29.8 Å². The number of carboxylic acid groups (broad SMARTS) is 1. The number of hydrogen-bond acceptors (Lipinski definition) is 5. The molecule has 1 saturated heterocycles. The largest absolute Gasteiger partial charge is 0.465 e. The summed E-state index contributed by atoms with van der Waals surface area (Å²) in [5.74, 6) is 1.74. The van der Waals surface area contributed by atoms with Crippen LogP contribution >= 0.6 is 23.2 Å². The number of rotatable bonds is 3. The zero-order valence-electron chi connectivity index (χ0n) is 16.2. The third-order valence-corrected chi connectivity index (χ3v) is 6.35. The maximum atomic E-state index is 11.4. The number of benzene rings is 1. The lowest BCUT2D eigenvalue weighted by atomic mass is 9.95. The molecular weight excluding hydrogens is 443 g/mol. The number of pyridine rings is 1. The van der Waals surface area contributed by atoms with Gasteiger partial charge in [0.2, 0.25) is 0 Å². The van der Waals surface area contributed by atoms with Crippen LogP contribution in [0.5, 0.6) is 11.5 Å². The van der Waals surface area contributed by atoms with Crippen molar-refractivity contribution in [3.05, 3.63) is 60.2 Å². The maximum Gasteiger partial charge on any atom is 0.408 e. The molecule has 3 aromatic rings. The molecule has 2 unspecified atom stereocenters. The minimum atomic E-state index is -1.07. The molecule has 1 amide bonds. The topological polar surface area (TPSA) is 101 Å². The molecule has 1 aromatic carbocycles. The molecule has 1 fully saturated rings. The Morgan fingerprint density at radius 1 is 1.19 bits per heavy atom. The van der Waals surface area contributed by atoms with Crippen LogP contribution in [0, 0.1) is 0 Å². The summed E-state index contributed by atoms with van der Waals surface area (Å²) >= 11 is 13.3. The summed E-state index contributed by atoms with van der Waals surface area (Å²) in [6, 6.07) is 12.9. The van der Waals surface area contributed by atoms with Gasteiger partial charge in [-0.25, -0.2) is 9.78 Å². The van der Waals surface area contributed by atoms with Gasteiger partial charge in [-0.2, -0.15) is 0 Å². The Balaban J connectivity index is 1.53. The van der Waals surface area contributed by atoms with Crippen molar-refractivity contribution in [3.8, 4) is 22.9 Å². The van der Waals surface area contributed by atoms with Gasteiger partial charge in [0.15, 0.2) is 11.5 Å². The third-order valence-electron chi connectivity index (χ3n) is 5.44. The van der Waals surface area contributed by atoms with Crippen LogP contribution in [0.1, 0.15) is 30.7 Å². The van der Waals surface area contributed by atoms with E-state index in [2.05, 4.69) is 9.97 Å². The lowest BCUT2D eigenvalue weighted by Crippen LogP contribution is -2.47. The number of amides is 1. The second kappa shape index (κ2) is 7.62. The monoisotopic (exact) mass is 460 g/mol. The average Bonchev–Trinajstić information content (AvgIpc) is 3.39. The highest BCUT2D eigenvalue weighted by atomic mass is 35.5. The van der Waals surface area contributed by atoms with E-state index < -0.39 is 22.8 Å². The van der Waals surface area contributed by atoms with E-state index in [4.69, 9.17) is 37.7 Å². The van der Waals surface area contributed by atoms with Crippen molar-refractivity contribution in [2.75, 3.05) is 6.54 Å². The summed E-state index contributed by atoms with van der Waals surface area (Å²) in [5, 5.41) is 9.31. The molecule has 160 valence electrons. The summed E-state index contributed by atoms with van der Waals surface area (Å²) in [5.41, 5.74) is 1.00. The predicted octanol–water partition coefficient (Wildman–Crippen LogP) is 4.71. The average molecular weight is 461 g/mol. The first-order valence-electron chi connectivity index (χ1n) is 9.71. The Bertz CT molecular complexity index is 1100. The van der Waals surface area contributed by atoms with E-state index in [-0.39, 0.29) is 13.0 Å². The van der Waals surface area contributed by atoms with E-state index in [9.17, 15) is 9.90 Å². The van der Waals surface area contributed by atoms with Crippen LogP contribution in [-0.4, -0.2) is 43.1 Å². The number of ether oxygens (including phenoxy) is 2. The Morgan fingerprint density at radius 2 is 1.90 bits per heavy atom. The number of likely N-dealkylation sites (tertiary alicyclic amines) is 1. The number of para-hydroxylation sites is 2. The zero-order chi connectivity index (χ0) is 21.6. The third kappa shape index (κ3) is 3.55. The number of H-pyrrole nitrogens is 1. The van der Waals surface area contributed by atoms with E-state index in [1.165, 1.54) is 4.90 Å². The number of imidazole rings is 1. The molecule has 10 heteroatoms. The molecule has 5 rings (SSSR count). The molecule has 2 N–H and O–H groups in total. The Morgan fingerprint density at radius 3 is 2.52 bits per heavy atom. The highest BCUT2D eigenvalue weighted by Gasteiger charge is 2.44. The molecule has 0 aliphatic carbocycles. The van der Waals surface area contributed by atoms with Gasteiger partial charge >= 0.3 is 6.09 Å². The Kier molecular flexibility index (Phi) is 4.91. The molecule has 0 bridgehead atoms. The van der Waals surface area contributed by atoms with E-state index in [1.54, 1.807) is 6.20 Å². The van der Waals surface area contributed by atoms with Crippen molar-refractivity contribution in [2.45, 2.75) is 29.5 Å². The van der Waals surface area contributed by atoms with Crippen molar-refractivity contribution in [1.29, 1.82) is 0 Å². The fourth-order valence-electron chi connectivity index (χ4n) is 3.83. The second-order valence-electron chi connectivity index (χ2n) is 7.41. The van der Waals surface area contributed by atoms with Crippen molar-refractivity contribution >= 4 is 29.3 Å². The van der Waals surface area contributed by atoms with E-state index in [0.29, 0.717) is 40.8 Å². The molecule has 0 spiro atoms. The first-order chi connectivity index (χ1) is 14.9. The number of alkyl halides is 2. The molecule has 0 saturated carbocycles. The Hall–Kier alpha value is -2.97. The number of aromatic amines is 1. The molecule has 2 aliphatic rings. The van der Waals surface area contributed by atoms with Crippen molar-refractivity contribution in [2.24, 2.45) is 0 Å². The molecule has 31 heavy (non-hydrogen) atoms. The van der Waals surface area contributed by atoms with Crippen LogP contribution in [0.3, 0.4) is 0 Å². The molecule has 0 radical (unpaired) electrons. The standard InChI is InChI=1S/C21H18Cl2N4O4/c22-15-11-21(23,8-10-27(15)20(28)29)19-25-16(12-5-3-4-9-24-12)17(26-19)18-30-13-6-1-2-7-14(13)31-18/h1-7,9,15,18H,8,10-11H2,(H,25,26)(H,28,29). The normalized spacial score (nSPS) is 23.2. The van der Waals surface area contributed by atoms with Gasteiger partial charge in [-0.15, -0.1) is 11.6 Å². The minimum Gasteiger partial charge on any atom is -0.465 e. The zero-order valence-corrected chi connectivity index (χ0v) is 17.7. The SMILES string of the molecule is O=C(O)N1CCC(Cl)(c2nc(-c3ccccn3)c(C3Oc4ccccc4O3)[nH]2)CC1Cl. The van der Waals surface area contributed by atoms with Gasteiger partial charge in [0.25, 0.3) is 6.29 Å². The quantitative estimate of drug-likeness (QED) is 0.433. The first-order valence-corrected chi connectivity index (χ1v) is 10.5. The van der Waals surface area contributed by atoms with Crippen molar-refractivity contribution in [1.82, 2.24) is 19.9 Å². The van der Waals surface area contributed by atoms with E-state index in [0.717, 1.165) is 0 Å². The van der Waals surface area contributed by atoms with Crippen LogP contribution in [-0.2, 0) is 4.87 Å². The van der Waals surface area contributed by atoms with E-state index in [1.807, 2.05) is 42.5 Å². The van der Waals surface area contributed by atoms with Gasteiger partial charge in [-0.05, 0) is 30.7 Å². The summed E-state index contributed by atoms with van der Waals surface area (Å²) < 4.78 is 12.0. The van der Waals surface area contributed by atoms with Crippen LogP contribution < -0.4 is 9.47 Å². The van der Waals surface area contributed by atoms with Crippen molar-refractivity contribution < 1.29 is 19.4 Å². The molecule has 2 aromatic heterocycles. The molecule has 2 aliphatic heterocycles. The molecule has 2 atom stereocenters. The minimum absolute atomic E-state index is 0.198. The number of fused-ring (bicyclic) bond motifs is 1. The smallest absolute Gasteiger partial charge is 0.408 e. The van der Waals surface area contributed by atoms with Gasteiger partial charge in [0.1, 0.15) is 27.6 Å². The number of hydrogen-bond donors (Lipinski definition) is 2. The van der Waals surface area contributed by atoms with Gasteiger partial charge in [-0.3, -0.25) is 9.88 Å². The number of halogens is 2. The fourth-order valence-corrected chi connectivity index (χ4v) is 4.68. The van der Waals surface area contributed by atoms with Gasteiger partial charge in [0.05, 0.1) is 5.69 Å². The van der Waals surface area contributed by atoms with Gasteiger partial charge in [0, 0.05) is 19.2 Å².